The van der Waals surface area contributed by atoms with Crippen LogP contribution in [0.15, 0.2) is 60.7 Å². The summed E-state index contributed by atoms with van der Waals surface area (Å²) < 4.78 is 0. The predicted octanol–water partition coefficient (Wildman–Crippen LogP) is 6.81. The Bertz CT molecular complexity index is 951. The van der Waals surface area contributed by atoms with Gasteiger partial charge in [-0.25, -0.2) is 0 Å². The van der Waals surface area contributed by atoms with Crippen LogP contribution in [0.25, 0.3) is 0 Å². The van der Waals surface area contributed by atoms with Crippen LogP contribution in [0.2, 0.25) is 0 Å². The number of Topliss-reactive ketones (excluding diaryl/α,β-unsaturated/α-hetero) is 3. The van der Waals surface area contributed by atoms with E-state index in [0.717, 1.165) is 24.2 Å². The fraction of sp³-hybridized carbons (Fsp3) is 0.514. The van der Waals surface area contributed by atoms with Crippen molar-refractivity contribution >= 4 is 29.2 Å². The molecule has 0 spiro atoms. The second-order valence-corrected chi connectivity index (χ2v) is 10.8. The van der Waals surface area contributed by atoms with Crippen LogP contribution >= 0.6 is 0 Å². The van der Waals surface area contributed by atoms with Crippen molar-refractivity contribution in [1.29, 1.82) is 0 Å². The summed E-state index contributed by atoms with van der Waals surface area (Å²) in [5.41, 5.74) is 2.11. The first kappa shape index (κ1) is 42.9. The molecular formula is C35H56N2O5. The summed E-state index contributed by atoms with van der Waals surface area (Å²) >= 11 is 0. The minimum absolute atomic E-state index is 0.0255. The Labute approximate surface area is 255 Å². The number of hydrogen-bond acceptors (Lipinski definition) is 5. The number of nitrogens with zero attached hydrogens (tertiary/aromatic N) is 1. The predicted molar refractivity (Wildman–Crippen MR) is 174 cm³/mol. The Morgan fingerprint density at radius 3 is 1.12 bits per heavy atom. The van der Waals surface area contributed by atoms with Gasteiger partial charge in [0.2, 0.25) is 11.8 Å². The molecule has 0 aromatic heterocycles. The van der Waals surface area contributed by atoms with Crippen molar-refractivity contribution in [3.05, 3.63) is 71.8 Å². The molecule has 2 amide bonds. The first-order valence-corrected chi connectivity index (χ1v) is 14.6. The third-order valence-corrected chi connectivity index (χ3v) is 4.69. The maximum Gasteiger partial charge on any atom is 0.219 e. The zero-order chi connectivity index (χ0) is 33.1. The number of hydrogen-bond donors (Lipinski definition) is 1. The minimum Gasteiger partial charge on any atom is -0.352 e. The van der Waals surface area contributed by atoms with E-state index in [1.807, 2.05) is 100 Å². The normalized spacial score (nSPS) is 11.0. The summed E-state index contributed by atoms with van der Waals surface area (Å²) in [5.74, 6) is 0.845. The van der Waals surface area contributed by atoms with Crippen molar-refractivity contribution in [3.8, 4) is 0 Å². The molecule has 0 atom stereocenters. The van der Waals surface area contributed by atoms with Gasteiger partial charge >= 0.3 is 0 Å². The quantitative estimate of drug-likeness (QED) is 0.426. The van der Waals surface area contributed by atoms with Crippen LogP contribution < -0.4 is 5.32 Å². The standard InChI is InChI=1S/2C9H10O.C6H11NO.C6H13NO.C3H6O.C2H6/c2*1-8(10)7-9-5-3-2-4-6-9;1-6(8)7-4-2-3-5-7;1-5(8)7-6(2,3)4;1-3(2)4;1-2/h2*2-6H,7H2,1H3;2-5H2,1H3;1-4H3,(H,7,8);1-2H3;1-2H3. The lowest BCUT2D eigenvalue weighted by atomic mass is 10.1. The molecule has 1 heterocycles. The molecule has 0 saturated carbocycles. The van der Waals surface area contributed by atoms with Gasteiger partial charge in [-0.2, -0.15) is 0 Å². The zero-order valence-electron chi connectivity index (χ0n) is 28.0. The zero-order valence-corrected chi connectivity index (χ0v) is 28.0. The van der Waals surface area contributed by atoms with Gasteiger partial charge < -0.3 is 15.0 Å². The van der Waals surface area contributed by atoms with Gasteiger partial charge in [-0.05, 0) is 72.4 Å². The van der Waals surface area contributed by atoms with Gasteiger partial charge in [0.15, 0.2) is 0 Å². The molecule has 1 fully saturated rings. The monoisotopic (exact) mass is 584 g/mol. The second-order valence-electron chi connectivity index (χ2n) is 10.8. The maximum atomic E-state index is 10.6. The van der Waals surface area contributed by atoms with Crippen molar-refractivity contribution in [3.63, 3.8) is 0 Å². The average molecular weight is 585 g/mol. The molecular weight excluding hydrogens is 528 g/mol. The topological polar surface area (TPSA) is 101 Å². The van der Waals surface area contributed by atoms with Crippen LogP contribution in [0.5, 0.6) is 0 Å². The number of carbonyl (C=O) groups is 5. The van der Waals surface area contributed by atoms with E-state index < -0.39 is 0 Å². The molecule has 7 heteroatoms. The number of rotatable bonds is 4. The molecule has 2 aromatic rings. The van der Waals surface area contributed by atoms with Crippen LogP contribution in [-0.4, -0.2) is 52.7 Å². The van der Waals surface area contributed by atoms with Crippen molar-refractivity contribution in [2.75, 3.05) is 13.1 Å². The molecule has 42 heavy (non-hydrogen) atoms. The average Bonchev–Trinajstić information content (AvgIpc) is 3.41. The molecule has 1 saturated heterocycles. The first-order valence-electron chi connectivity index (χ1n) is 14.6. The summed E-state index contributed by atoms with van der Waals surface area (Å²) in [5, 5.41) is 2.74. The highest BCUT2D eigenvalue weighted by Gasteiger charge is 2.12. The van der Waals surface area contributed by atoms with Crippen molar-refractivity contribution in [2.45, 2.75) is 107 Å². The number of carbonyl (C=O) groups excluding carboxylic acids is 5. The number of amides is 2. The second kappa shape index (κ2) is 26.3. The van der Waals surface area contributed by atoms with Gasteiger partial charge in [0.25, 0.3) is 0 Å². The van der Waals surface area contributed by atoms with E-state index in [-0.39, 0.29) is 34.7 Å². The Morgan fingerprint density at radius 2 is 0.952 bits per heavy atom. The van der Waals surface area contributed by atoms with Crippen LogP contribution in [0.3, 0.4) is 0 Å². The molecule has 0 unspecified atom stereocenters. The van der Waals surface area contributed by atoms with E-state index in [2.05, 4.69) is 5.32 Å². The summed E-state index contributed by atoms with van der Waals surface area (Å²) in [6, 6.07) is 19.5. The van der Waals surface area contributed by atoms with Gasteiger partial charge in [-0.1, -0.05) is 74.5 Å². The number of benzene rings is 2. The molecule has 0 aliphatic carbocycles. The van der Waals surface area contributed by atoms with Gasteiger partial charge in [-0.3, -0.25) is 19.2 Å². The van der Waals surface area contributed by atoms with E-state index in [1.54, 1.807) is 20.8 Å². The minimum atomic E-state index is -0.0775. The largest absolute Gasteiger partial charge is 0.352 e. The summed E-state index contributed by atoms with van der Waals surface area (Å²) in [4.78, 5) is 53.5. The molecule has 236 valence electrons. The summed E-state index contributed by atoms with van der Waals surface area (Å²) in [7, 11) is 0. The third-order valence-electron chi connectivity index (χ3n) is 4.69. The Morgan fingerprint density at radius 1 is 0.643 bits per heavy atom. The first-order chi connectivity index (χ1) is 19.5. The van der Waals surface area contributed by atoms with Gasteiger partial charge in [-0.15, -0.1) is 0 Å². The molecule has 0 bridgehead atoms. The third kappa shape index (κ3) is 34.4. The van der Waals surface area contributed by atoms with Gasteiger partial charge in [0.1, 0.15) is 17.3 Å². The van der Waals surface area contributed by atoms with Gasteiger partial charge in [0.05, 0.1) is 0 Å². The lowest BCUT2D eigenvalue weighted by Gasteiger charge is -2.18. The number of nitrogens with one attached hydrogen (secondary N) is 1. The summed E-state index contributed by atoms with van der Waals surface area (Å²) in [6.07, 6.45) is 3.50. The molecule has 2 aromatic carbocycles. The Hall–Kier alpha value is -3.61. The van der Waals surface area contributed by atoms with Crippen molar-refractivity contribution in [1.82, 2.24) is 10.2 Å². The number of likely N-dealkylation sites (tertiary alicyclic amines) is 1. The SMILES string of the molecule is CC.CC(=O)Cc1ccccc1.CC(=O)Cc1ccccc1.CC(=O)N1CCCC1.CC(=O)NC(C)(C)C.CC(C)=O. The van der Waals surface area contributed by atoms with E-state index >= 15 is 0 Å². The highest BCUT2D eigenvalue weighted by Crippen LogP contribution is 2.06. The van der Waals surface area contributed by atoms with E-state index in [1.165, 1.54) is 33.6 Å². The molecule has 1 aliphatic heterocycles. The van der Waals surface area contributed by atoms with E-state index in [0.29, 0.717) is 12.8 Å². The van der Waals surface area contributed by atoms with Gasteiger partial charge in [0, 0.05) is 45.3 Å². The smallest absolute Gasteiger partial charge is 0.219 e. The maximum absolute atomic E-state index is 10.6. The van der Waals surface area contributed by atoms with Crippen LogP contribution in [0.1, 0.15) is 100 Å². The van der Waals surface area contributed by atoms with E-state index in [9.17, 15) is 24.0 Å². The van der Waals surface area contributed by atoms with Crippen LogP contribution in [-0.2, 0) is 36.8 Å². The van der Waals surface area contributed by atoms with Crippen LogP contribution in [0.4, 0.5) is 0 Å². The number of ketones is 3. The Kier molecular flexibility index (Phi) is 26.8. The van der Waals surface area contributed by atoms with Crippen molar-refractivity contribution in [2.24, 2.45) is 0 Å². The highest BCUT2D eigenvalue weighted by molar-refractivity contribution is 5.78. The summed E-state index contributed by atoms with van der Waals surface area (Å²) in [6.45, 7) is 21.2. The van der Waals surface area contributed by atoms with E-state index in [4.69, 9.17) is 0 Å². The lowest BCUT2D eigenvalue weighted by Crippen LogP contribution is -2.38. The lowest BCUT2D eigenvalue weighted by molar-refractivity contribution is -0.127. The highest BCUT2D eigenvalue weighted by atomic mass is 16.2. The Balaban J connectivity index is -0.000000456. The van der Waals surface area contributed by atoms with Crippen LogP contribution in [0, 0.1) is 0 Å². The fourth-order valence-electron chi connectivity index (χ4n) is 3.33. The molecule has 0 radical (unpaired) electrons. The molecule has 7 nitrogen and oxygen atoms in total. The fourth-order valence-corrected chi connectivity index (χ4v) is 3.33. The molecule has 1 N–H and O–H groups in total. The molecule has 1 aliphatic rings. The molecule has 3 rings (SSSR count). The van der Waals surface area contributed by atoms with Crippen molar-refractivity contribution < 1.29 is 24.0 Å².